The van der Waals surface area contributed by atoms with Gasteiger partial charge in [-0.1, -0.05) is 20.3 Å². The van der Waals surface area contributed by atoms with Crippen molar-refractivity contribution in [2.75, 3.05) is 34.0 Å². The third-order valence-electron chi connectivity index (χ3n) is 3.77. The van der Waals surface area contributed by atoms with E-state index in [4.69, 9.17) is 18.9 Å². The Bertz CT molecular complexity index is 362. The topological polar surface area (TPSA) is 66.0 Å². The van der Waals surface area contributed by atoms with E-state index in [-0.39, 0.29) is 0 Å². The predicted octanol–water partition coefficient (Wildman–Crippen LogP) is 3.22. The second-order valence-electron chi connectivity index (χ2n) is 5.35. The number of nitrogens with one attached hydrogen (secondary N) is 1. The van der Waals surface area contributed by atoms with Gasteiger partial charge in [-0.2, -0.15) is 0 Å². The summed E-state index contributed by atoms with van der Waals surface area (Å²) in [6.07, 6.45) is 3.31. The average Bonchev–Trinajstić information content (AvgIpc) is 2.63. The summed E-state index contributed by atoms with van der Waals surface area (Å²) in [7, 11) is 3.60. The highest BCUT2D eigenvalue weighted by atomic mass is 16.7. The summed E-state index contributed by atoms with van der Waals surface area (Å²) in [5.41, 5.74) is 1.14. The van der Waals surface area contributed by atoms with Gasteiger partial charge in [-0.3, -0.25) is 0 Å². The Hall–Kier alpha value is -1.27. The molecule has 6 heteroatoms. The maximum Gasteiger partial charge on any atom is 0.363 e. The fourth-order valence-corrected chi connectivity index (χ4v) is 2.39. The van der Waals surface area contributed by atoms with Crippen LogP contribution in [0.15, 0.2) is 11.5 Å². The summed E-state index contributed by atoms with van der Waals surface area (Å²) in [4.78, 5) is 11.5. The van der Waals surface area contributed by atoms with Crippen molar-refractivity contribution in [1.29, 1.82) is 0 Å². The summed E-state index contributed by atoms with van der Waals surface area (Å²) in [6.45, 7) is 9.17. The van der Waals surface area contributed by atoms with E-state index in [1.807, 2.05) is 27.8 Å². The van der Waals surface area contributed by atoms with Crippen LogP contribution < -0.4 is 5.32 Å². The van der Waals surface area contributed by atoms with Crippen LogP contribution in [-0.4, -0.2) is 46.2 Å². The highest BCUT2D eigenvalue weighted by Gasteiger charge is 2.28. The van der Waals surface area contributed by atoms with Crippen molar-refractivity contribution in [2.45, 2.75) is 59.7 Å². The van der Waals surface area contributed by atoms with E-state index < -0.39 is 12.3 Å². The molecule has 1 N–H and O–H groups in total. The van der Waals surface area contributed by atoms with Crippen LogP contribution in [0.2, 0.25) is 0 Å². The van der Waals surface area contributed by atoms with E-state index in [0.717, 1.165) is 37.1 Å². The first-order valence-electron chi connectivity index (χ1n) is 8.93. The van der Waals surface area contributed by atoms with E-state index in [1.54, 1.807) is 14.0 Å². The van der Waals surface area contributed by atoms with Crippen LogP contribution >= 0.6 is 0 Å². The van der Waals surface area contributed by atoms with Gasteiger partial charge in [-0.15, -0.1) is 0 Å². The Labute approximate surface area is 146 Å². The number of ether oxygens (including phenoxy) is 4. The number of hydrogen-bond donors (Lipinski definition) is 1. The van der Waals surface area contributed by atoms with Crippen molar-refractivity contribution < 1.29 is 23.7 Å². The van der Waals surface area contributed by atoms with Crippen molar-refractivity contribution in [1.82, 2.24) is 5.32 Å². The third kappa shape index (κ3) is 8.55. The smallest absolute Gasteiger partial charge is 0.363 e. The standard InChI is InChI=1S/C16H29NO5.C2H6/c1-5-20-15(18)16-21-10-13(11-22-16)8-6-7-9-14(17-3)12(2)19-4;1-2/h13,16-17H,5-11H2,1-4H3;1-2H3/b14-12-;. The molecule has 0 aromatic heterocycles. The predicted molar refractivity (Wildman–Crippen MR) is 94.4 cm³/mol. The molecule has 0 saturated carbocycles. The molecular formula is C18H35NO5. The zero-order valence-corrected chi connectivity index (χ0v) is 16.1. The highest BCUT2D eigenvalue weighted by molar-refractivity contribution is 5.73. The van der Waals surface area contributed by atoms with Gasteiger partial charge >= 0.3 is 5.97 Å². The van der Waals surface area contributed by atoms with E-state index in [0.29, 0.717) is 25.7 Å². The minimum atomic E-state index is -0.848. The van der Waals surface area contributed by atoms with Crippen molar-refractivity contribution >= 4 is 5.97 Å². The zero-order chi connectivity index (χ0) is 18.4. The number of carbonyl (C=O) groups excluding carboxylic acids is 1. The second kappa shape index (κ2) is 14.1. The minimum absolute atomic E-state index is 0.341. The average molecular weight is 345 g/mol. The normalized spacial score (nSPS) is 21.1. The van der Waals surface area contributed by atoms with Gasteiger partial charge in [0.25, 0.3) is 6.29 Å². The molecule has 6 nitrogen and oxygen atoms in total. The van der Waals surface area contributed by atoms with Crippen molar-refractivity contribution in [3.63, 3.8) is 0 Å². The van der Waals surface area contributed by atoms with Crippen LogP contribution in [0.4, 0.5) is 0 Å². The van der Waals surface area contributed by atoms with Gasteiger partial charge in [0, 0.05) is 18.7 Å². The molecule has 1 aliphatic rings. The third-order valence-corrected chi connectivity index (χ3v) is 3.77. The van der Waals surface area contributed by atoms with Crippen LogP contribution in [0.5, 0.6) is 0 Å². The number of esters is 1. The van der Waals surface area contributed by atoms with Gasteiger partial charge in [0.1, 0.15) is 5.76 Å². The molecule has 0 bridgehead atoms. The molecule has 1 rings (SSSR count). The van der Waals surface area contributed by atoms with Gasteiger partial charge in [0.05, 0.1) is 26.9 Å². The number of carbonyl (C=O) groups is 1. The van der Waals surface area contributed by atoms with Crippen LogP contribution in [0, 0.1) is 5.92 Å². The molecule has 24 heavy (non-hydrogen) atoms. The molecule has 0 aromatic carbocycles. The molecular weight excluding hydrogens is 310 g/mol. The molecule has 1 saturated heterocycles. The Balaban J connectivity index is 0.00000254. The lowest BCUT2D eigenvalue weighted by Gasteiger charge is -2.28. The Kier molecular flexibility index (Phi) is 13.4. The summed E-state index contributed by atoms with van der Waals surface area (Å²) in [6, 6.07) is 0. The second-order valence-corrected chi connectivity index (χ2v) is 5.35. The van der Waals surface area contributed by atoms with Crippen molar-refractivity contribution in [3.05, 3.63) is 11.5 Å². The van der Waals surface area contributed by atoms with Gasteiger partial charge in [0.15, 0.2) is 0 Å². The van der Waals surface area contributed by atoms with Gasteiger partial charge in [-0.25, -0.2) is 4.79 Å². The summed E-state index contributed by atoms with van der Waals surface area (Å²) < 4.78 is 21.0. The SMILES string of the molecule is CC.CCOC(=O)C1OCC(CCCC/C(NC)=C(\C)OC)CO1. The van der Waals surface area contributed by atoms with E-state index >= 15 is 0 Å². The van der Waals surface area contributed by atoms with Crippen LogP contribution in [-0.2, 0) is 23.7 Å². The summed E-state index contributed by atoms with van der Waals surface area (Å²) in [5.74, 6) is 0.847. The Morgan fingerprint density at radius 1 is 1.21 bits per heavy atom. The Morgan fingerprint density at radius 3 is 2.33 bits per heavy atom. The van der Waals surface area contributed by atoms with Crippen molar-refractivity contribution in [3.8, 4) is 0 Å². The lowest BCUT2D eigenvalue weighted by atomic mass is 10.0. The summed E-state index contributed by atoms with van der Waals surface area (Å²) in [5, 5.41) is 3.18. The lowest BCUT2D eigenvalue weighted by Crippen LogP contribution is -2.38. The molecule has 0 unspecified atom stereocenters. The first kappa shape index (κ1) is 22.7. The maximum atomic E-state index is 11.5. The quantitative estimate of drug-likeness (QED) is 0.393. The molecule has 142 valence electrons. The van der Waals surface area contributed by atoms with E-state index in [2.05, 4.69) is 5.32 Å². The lowest BCUT2D eigenvalue weighted by molar-refractivity contribution is -0.221. The molecule has 0 spiro atoms. The van der Waals surface area contributed by atoms with Crippen LogP contribution in [0.3, 0.4) is 0 Å². The maximum absolute atomic E-state index is 11.5. The number of hydrogen-bond acceptors (Lipinski definition) is 6. The number of rotatable bonds is 9. The molecule has 0 atom stereocenters. The minimum Gasteiger partial charge on any atom is -0.500 e. The van der Waals surface area contributed by atoms with E-state index in [1.165, 1.54) is 0 Å². The van der Waals surface area contributed by atoms with Crippen LogP contribution in [0.25, 0.3) is 0 Å². The fraction of sp³-hybridized carbons (Fsp3) is 0.833. The molecule has 1 heterocycles. The molecule has 0 aromatic rings. The van der Waals surface area contributed by atoms with Gasteiger partial charge in [0.2, 0.25) is 0 Å². The van der Waals surface area contributed by atoms with Crippen LogP contribution in [0.1, 0.15) is 53.4 Å². The van der Waals surface area contributed by atoms with Gasteiger partial charge in [-0.05, 0) is 33.1 Å². The zero-order valence-electron chi connectivity index (χ0n) is 16.1. The monoisotopic (exact) mass is 345 g/mol. The number of unbranched alkanes of at least 4 members (excludes halogenated alkanes) is 1. The molecule has 1 aliphatic heterocycles. The molecule has 1 fully saturated rings. The number of allylic oxidation sites excluding steroid dienone is 2. The van der Waals surface area contributed by atoms with E-state index in [9.17, 15) is 4.79 Å². The molecule has 0 amide bonds. The number of methoxy groups -OCH3 is 1. The van der Waals surface area contributed by atoms with Crippen molar-refractivity contribution in [2.24, 2.45) is 5.92 Å². The molecule has 0 aliphatic carbocycles. The fourth-order valence-electron chi connectivity index (χ4n) is 2.39. The first-order valence-corrected chi connectivity index (χ1v) is 8.93. The summed E-state index contributed by atoms with van der Waals surface area (Å²) >= 11 is 0. The largest absolute Gasteiger partial charge is 0.500 e. The first-order chi connectivity index (χ1) is 11.6. The Morgan fingerprint density at radius 2 is 1.83 bits per heavy atom. The molecule has 0 radical (unpaired) electrons. The highest BCUT2D eigenvalue weighted by Crippen LogP contribution is 2.19. The van der Waals surface area contributed by atoms with Gasteiger partial charge < -0.3 is 24.3 Å².